The molecule has 0 fully saturated rings. The van der Waals surface area contributed by atoms with Crippen LogP contribution in [0.4, 0.5) is 0 Å². The van der Waals surface area contributed by atoms with Crippen molar-refractivity contribution in [2.45, 2.75) is 36.6 Å². The fourth-order valence-corrected chi connectivity index (χ4v) is 4.22. The first-order valence-corrected chi connectivity index (χ1v) is 10.3. The van der Waals surface area contributed by atoms with Crippen molar-refractivity contribution in [2.75, 3.05) is 14.1 Å². The van der Waals surface area contributed by atoms with Gasteiger partial charge in [0.15, 0.2) is 0 Å². The lowest BCUT2D eigenvalue weighted by Gasteiger charge is -2.25. The highest BCUT2D eigenvalue weighted by molar-refractivity contribution is 7.89. The average Bonchev–Trinajstić information content (AvgIpc) is 3.10. The molecule has 1 aliphatic carbocycles. The second-order valence-corrected chi connectivity index (χ2v) is 8.50. The smallest absolute Gasteiger partial charge is 0.240 e. The fraction of sp³-hybridized carbons (Fsp3) is 0.350. The number of fused-ring (bicyclic) bond motifs is 1. The van der Waals surface area contributed by atoms with Gasteiger partial charge in [-0.2, -0.15) is 0 Å². The van der Waals surface area contributed by atoms with Gasteiger partial charge in [-0.15, -0.1) is 0 Å². The molecule has 0 aromatic heterocycles. The molecule has 138 valence electrons. The maximum absolute atomic E-state index is 12.6. The van der Waals surface area contributed by atoms with Gasteiger partial charge in [-0.1, -0.05) is 36.4 Å². The molecule has 0 saturated carbocycles. The zero-order valence-corrected chi connectivity index (χ0v) is 15.9. The van der Waals surface area contributed by atoms with Crippen LogP contribution < -0.4 is 4.72 Å². The van der Waals surface area contributed by atoms with Gasteiger partial charge >= 0.3 is 0 Å². The van der Waals surface area contributed by atoms with Crippen LogP contribution in [0.3, 0.4) is 0 Å². The summed E-state index contributed by atoms with van der Waals surface area (Å²) in [6.07, 6.45) is 2.99. The van der Waals surface area contributed by atoms with Crippen LogP contribution in [0.5, 0.6) is 0 Å². The summed E-state index contributed by atoms with van der Waals surface area (Å²) in [5.41, 5.74) is 3.54. The standard InChI is InChI=1S/C20H24N2O3S/c1-21-26(24,25)17-11-7-15(8-12-17)9-14-20(23)22(2)19-13-10-16-5-3-4-6-18(16)19/h3-8,11-12,19,21H,9-10,13-14H2,1-2H3. The van der Waals surface area contributed by atoms with Crippen LogP contribution in [0, 0.1) is 0 Å². The Balaban J connectivity index is 1.61. The molecule has 2 aromatic rings. The normalized spacial score (nSPS) is 16.3. The molecule has 0 radical (unpaired) electrons. The molecular formula is C20H24N2O3S. The van der Waals surface area contributed by atoms with Gasteiger partial charge in [0.2, 0.25) is 15.9 Å². The molecule has 0 spiro atoms. The number of carbonyl (C=O) groups excluding carboxylic acids is 1. The SMILES string of the molecule is CNS(=O)(=O)c1ccc(CCC(=O)N(C)C2CCc3ccccc32)cc1. The number of hydrogen-bond donors (Lipinski definition) is 1. The van der Waals surface area contributed by atoms with Crippen molar-refractivity contribution in [3.05, 3.63) is 65.2 Å². The Morgan fingerprint density at radius 1 is 1.15 bits per heavy atom. The van der Waals surface area contributed by atoms with Crippen LogP contribution >= 0.6 is 0 Å². The van der Waals surface area contributed by atoms with Crippen molar-refractivity contribution >= 4 is 15.9 Å². The van der Waals surface area contributed by atoms with E-state index in [1.807, 2.05) is 24.1 Å². The second-order valence-electron chi connectivity index (χ2n) is 6.61. The third kappa shape index (κ3) is 3.81. The Morgan fingerprint density at radius 3 is 2.54 bits per heavy atom. The number of rotatable bonds is 6. The third-order valence-corrected chi connectivity index (χ3v) is 6.52. The first kappa shape index (κ1) is 18.6. The lowest BCUT2D eigenvalue weighted by molar-refractivity contribution is -0.132. The molecule has 3 rings (SSSR count). The van der Waals surface area contributed by atoms with E-state index in [1.165, 1.54) is 18.2 Å². The number of nitrogens with one attached hydrogen (secondary N) is 1. The van der Waals surface area contributed by atoms with Crippen LogP contribution in [-0.4, -0.2) is 33.3 Å². The van der Waals surface area contributed by atoms with Gasteiger partial charge < -0.3 is 4.90 Å². The topological polar surface area (TPSA) is 66.5 Å². The van der Waals surface area contributed by atoms with E-state index in [0.717, 1.165) is 18.4 Å². The van der Waals surface area contributed by atoms with Crippen molar-refractivity contribution in [3.63, 3.8) is 0 Å². The van der Waals surface area contributed by atoms with E-state index in [0.29, 0.717) is 12.8 Å². The van der Waals surface area contributed by atoms with E-state index < -0.39 is 10.0 Å². The molecule has 1 unspecified atom stereocenters. The maximum Gasteiger partial charge on any atom is 0.240 e. The van der Waals surface area contributed by atoms with Gasteiger partial charge in [0.05, 0.1) is 10.9 Å². The molecule has 1 atom stereocenters. The quantitative estimate of drug-likeness (QED) is 0.848. The van der Waals surface area contributed by atoms with E-state index in [2.05, 4.69) is 16.9 Å². The molecule has 0 bridgehead atoms. The summed E-state index contributed by atoms with van der Waals surface area (Å²) >= 11 is 0. The van der Waals surface area contributed by atoms with Gasteiger partial charge in [-0.3, -0.25) is 4.79 Å². The molecule has 0 aliphatic heterocycles. The number of benzene rings is 2. The molecule has 1 aliphatic rings. The summed E-state index contributed by atoms with van der Waals surface area (Å²) in [4.78, 5) is 14.7. The Kier molecular flexibility index (Phi) is 5.44. The summed E-state index contributed by atoms with van der Waals surface area (Å²) in [5, 5.41) is 0. The number of amides is 1. The van der Waals surface area contributed by atoms with E-state index in [1.54, 1.807) is 24.3 Å². The molecule has 26 heavy (non-hydrogen) atoms. The predicted molar refractivity (Wildman–Crippen MR) is 101 cm³/mol. The largest absolute Gasteiger partial charge is 0.339 e. The zero-order valence-electron chi connectivity index (χ0n) is 15.1. The van der Waals surface area contributed by atoms with Crippen LogP contribution in [0.25, 0.3) is 0 Å². The highest BCUT2D eigenvalue weighted by Gasteiger charge is 2.27. The first-order valence-electron chi connectivity index (χ1n) is 8.78. The number of aryl methyl sites for hydroxylation is 2. The summed E-state index contributed by atoms with van der Waals surface area (Å²) in [6.45, 7) is 0. The Morgan fingerprint density at radius 2 is 1.85 bits per heavy atom. The van der Waals surface area contributed by atoms with Gasteiger partial charge in [-0.25, -0.2) is 13.1 Å². The van der Waals surface area contributed by atoms with Crippen LogP contribution in [0.1, 0.15) is 35.6 Å². The lowest BCUT2D eigenvalue weighted by Crippen LogP contribution is -2.30. The molecule has 6 heteroatoms. The molecule has 5 nitrogen and oxygen atoms in total. The van der Waals surface area contributed by atoms with Crippen LogP contribution in [-0.2, 0) is 27.7 Å². The van der Waals surface area contributed by atoms with E-state index >= 15 is 0 Å². The monoisotopic (exact) mass is 372 g/mol. The minimum Gasteiger partial charge on any atom is -0.339 e. The highest BCUT2D eigenvalue weighted by atomic mass is 32.2. The van der Waals surface area contributed by atoms with Crippen molar-refractivity contribution < 1.29 is 13.2 Å². The van der Waals surface area contributed by atoms with Crippen molar-refractivity contribution in [2.24, 2.45) is 0 Å². The molecular weight excluding hydrogens is 348 g/mol. The third-order valence-electron chi connectivity index (χ3n) is 5.09. The van der Waals surface area contributed by atoms with Gasteiger partial charge in [0, 0.05) is 13.5 Å². The van der Waals surface area contributed by atoms with Gasteiger partial charge in [0.1, 0.15) is 0 Å². The zero-order chi connectivity index (χ0) is 18.7. The maximum atomic E-state index is 12.6. The molecule has 1 N–H and O–H groups in total. The molecule has 0 saturated heterocycles. The highest BCUT2D eigenvalue weighted by Crippen LogP contribution is 2.35. The summed E-state index contributed by atoms with van der Waals surface area (Å²) in [6, 6.07) is 15.1. The molecule has 2 aromatic carbocycles. The average molecular weight is 372 g/mol. The molecule has 1 amide bonds. The number of hydrogen-bond acceptors (Lipinski definition) is 3. The van der Waals surface area contributed by atoms with E-state index in [-0.39, 0.29) is 16.8 Å². The van der Waals surface area contributed by atoms with Gasteiger partial charge in [-0.05, 0) is 55.1 Å². The molecule has 0 heterocycles. The summed E-state index contributed by atoms with van der Waals surface area (Å²) in [7, 11) is -0.164. The second kappa shape index (κ2) is 7.60. The van der Waals surface area contributed by atoms with E-state index in [4.69, 9.17) is 0 Å². The van der Waals surface area contributed by atoms with Gasteiger partial charge in [0.25, 0.3) is 0 Å². The Hall–Kier alpha value is -2.18. The Bertz CT molecular complexity index is 892. The predicted octanol–water partition coefficient (Wildman–Crippen LogP) is 2.67. The van der Waals surface area contributed by atoms with Crippen LogP contribution in [0.15, 0.2) is 53.4 Å². The van der Waals surface area contributed by atoms with Crippen molar-refractivity contribution in [3.8, 4) is 0 Å². The number of carbonyl (C=O) groups is 1. The first-order chi connectivity index (χ1) is 12.4. The van der Waals surface area contributed by atoms with Crippen molar-refractivity contribution in [1.82, 2.24) is 9.62 Å². The van der Waals surface area contributed by atoms with Crippen molar-refractivity contribution in [1.29, 1.82) is 0 Å². The minimum atomic E-state index is -3.42. The summed E-state index contributed by atoms with van der Waals surface area (Å²) < 4.78 is 25.8. The van der Waals surface area contributed by atoms with Crippen LogP contribution in [0.2, 0.25) is 0 Å². The number of nitrogens with zero attached hydrogens (tertiary/aromatic N) is 1. The lowest BCUT2D eigenvalue weighted by atomic mass is 10.1. The summed E-state index contributed by atoms with van der Waals surface area (Å²) in [5.74, 6) is 0.110. The number of sulfonamides is 1. The Labute approximate surface area is 155 Å². The van der Waals surface area contributed by atoms with E-state index in [9.17, 15) is 13.2 Å². The fourth-order valence-electron chi connectivity index (χ4n) is 3.49. The minimum absolute atomic E-state index is 0.110.